The average Bonchev–Trinajstić information content (AvgIpc) is 2.83. The molecule has 2 atom stereocenters. The molecule has 23 heavy (non-hydrogen) atoms. The van der Waals surface area contributed by atoms with E-state index in [1.165, 1.54) is 0 Å². The van der Waals surface area contributed by atoms with Crippen LogP contribution in [0, 0.1) is 0 Å². The van der Waals surface area contributed by atoms with Crippen molar-refractivity contribution in [3.05, 3.63) is 71.8 Å². The fraction of sp³-hybridized carbons (Fsp3) is 0.316. The number of hydrogen-bond donors (Lipinski definition) is 1. The van der Waals surface area contributed by atoms with Crippen molar-refractivity contribution in [2.75, 3.05) is 6.61 Å². The van der Waals surface area contributed by atoms with Gasteiger partial charge in [0.2, 0.25) is 0 Å². The van der Waals surface area contributed by atoms with Gasteiger partial charge >= 0.3 is 5.97 Å². The predicted octanol–water partition coefficient (Wildman–Crippen LogP) is 2.49. The molecule has 1 aliphatic heterocycles. The number of hydrogen-bond acceptors (Lipinski definition) is 4. The molecule has 4 heteroatoms. The third-order valence-electron chi connectivity index (χ3n) is 4.06. The van der Waals surface area contributed by atoms with Crippen LogP contribution < -0.4 is 0 Å². The van der Waals surface area contributed by atoms with Gasteiger partial charge in [0.25, 0.3) is 0 Å². The van der Waals surface area contributed by atoms with Gasteiger partial charge in [0.15, 0.2) is 6.10 Å². The van der Waals surface area contributed by atoms with E-state index in [-0.39, 0.29) is 19.0 Å². The number of benzene rings is 2. The van der Waals surface area contributed by atoms with Crippen molar-refractivity contribution >= 4 is 5.97 Å². The number of ether oxygens (including phenoxy) is 2. The highest BCUT2D eigenvalue weighted by Crippen LogP contribution is 2.31. The Morgan fingerprint density at radius 3 is 2.30 bits per heavy atom. The lowest BCUT2D eigenvalue weighted by atomic mass is 9.88. The van der Waals surface area contributed by atoms with E-state index >= 15 is 0 Å². The second-order valence-corrected chi connectivity index (χ2v) is 5.92. The molecule has 1 saturated heterocycles. The standard InChI is InChI=1S/C19H20O4/c20-18-12-19(21,11-15-7-3-1-4-8-15)17(23-18)14-22-13-16-9-5-2-6-10-16/h1-10,17,21H,11-14H2/t17-,19-/m0/s1. The Morgan fingerprint density at radius 2 is 1.65 bits per heavy atom. The molecule has 3 rings (SSSR count). The van der Waals surface area contributed by atoms with Crippen LogP contribution in [0.2, 0.25) is 0 Å². The summed E-state index contributed by atoms with van der Waals surface area (Å²) in [6.07, 6.45) is -0.265. The van der Waals surface area contributed by atoms with E-state index in [9.17, 15) is 9.90 Å². The van der Waals surface area contributed by atoms with E-state index in [4.69, 9.17) is 9.47 Å². The second kappa shape index (κ2) is 6.94. The molecule has 0 amide bonds. The molecule has 1 fully saturated rings. The van der Waals surface area contributed by atoms with Crippen LogP contribution in [-0.4, -0.2) is 29.4 Å². The molecule has 1 heterocycles. The van der Waals surface area contributed by atoms with Crippen LogP contribution in [0.1, 0.15) is 17.5 Å². The Hall–Kier alpha value is -2.17. The summed E-state index contributed by atoms with van der Waals surface area (Å²) in [5, 5.41) is 10.8. The molecule has 2 aromatic rings. The minimum Gasteiger partial charge on any atom is -0.457 e. The van der Waals surface area contributed by atoms with Gasteiger partial charge in [-0.15, -0.1) is 0 Å². The van der Waals surface area contributed by atoms with Gasteiger partial charge in [0.05, 0.1) is 19.6 Å². The molecule has 0 unspecified atom stereocenters. The van der Waals surface area contributed by atoms with Crippen LogP contribution in [-0.2, 0) is 27.3 Å². The van der Waals surface area contributed by atoms with E-state index in [1.807, 2.05) is 60.7 Å². The topological polar surface area (TPSA) is 55.8 Å². The molecule has 1 N–H and O–H groups in total. The van der Waals surface area contributed by atoms with Crippen LogP contribution in [0.5, 0.6) is 0 Å². The summed E-state index contributed by atoms with van der Waals surface area (Å²) in [6.45, 7) is 0.611. The quantitative estimate of drug-likeness (QED) is 0.833. The van der Waals surface area contributed by atoms with Gasteiger partial charge in [-0.2, -0.15) is 0 Å². The maximum atomic E-state index is 11.7. The molecule has 2 aromatic carbocycles. The Labute approximate surface area is 135 Å². The van der Waals surface area contributed by atoms with Gasteiger partial charge in [-0.05, 0) is 11.1 Å². The summed E-state index contributed by atoms with van der Waals surface area (Å²) in [4.78, 5) is 11.7. The average molecular weight is 312 g/mol. The summed E-state index contributed by atoms with van der Waals surface area (Å²) in [7, 11) is 0. The number of esters is 1. The zero-order chi connectivity index (χ0) is 16.1. The number of aliphatic hydroxyl groups is 1. The molecule has 0 radical (unpaired) electrons. The van der Waals surface area contributed by atoms with Gasteiger partial charge < -0.3 is 14.6 Å². The Bertz CT molecular complexity index is 641. The first kappa shape index (κ1) is 15.7. The number of carbonyl (C=O) groups excluding carboxylic acids is 1. The minimum absolute atomic E-state index is 0.00125. The lowest BCUT2D eigenvalue weighted by Gasteiger charge is -2.27. The van der Waals surface area contributed by atoms with Gasteiger partial charge in [-0.3, -0.25) is 4.79 Å². The molecule has 4 nitrogen and oxygen atoms in total. The van der Waals surface area contributed by atoms with Crippen molar-refractivity contribution in [1.29, 1.82) is 0 Å². The Balaban J connectivity index is 1.61. The maximum Gasteiger partial charge on any atom is 0.309 e. The largest absolute Gasteiger partial charge is 0.457 e. The zero-order valence-electron chi connectivity index (χ0n) is 12.9. The highest BCUT2D eigenvalue weighted by molar-refractivity contribution is 5.73. The fourth-order valence-corrected chi connectivity index (χ4v) is 2.85. The first-order chi connectivity index (χ1) is 11.2. The zero-order valence-corrected chi connectivity index (χ0v) is 12.9. The third kappa shape index (κ3) is 3.97. The number of rotatable bonds is 6. The van der Waals surface area contributed by atoms with Crippen molar-refractivity contribution in [3.8, 4) is 0 Å². The van der Waals surface area contributed by atoms with Gasteiger partial charge in [0, 0.05) is 6.42 Å². The van der Waals surface area contributed by atoms with Gasteiger partial charge in [-0.1, -0.05) is 60.7 Å². The summed E-state index contributed by atoms with van der Waals surface area (Å²) in [6, 6.07) is 19.4. The smallest absolute Gasteiger partial charge is 0.309 e. The van der Waals surface area contributed by atoms with Crippen molar-refractivity contribution in [2.24, 2.45) is 0 Å². The lowest BCUT2D eigenvalue weighted by molar-refractivity contribution is -0.146. The van der Waals surface area contributed by atoms with Crippen molar-refractivity contribution in [2.45, 2.75) is 31.2 Å². The number of carbonyl (C=O) groups is 1. The SMILES string of the molecule is O=C1C[C@@](O)(Cc2ccccc2)[C@H](COCc2ccccc2)O1. The first-order valence-corrected chi connectivity index (χ1v) is 7.73. The van der Waals surface area contributed by atoms with Crippen molar-refractivity contribution < 1.29 is 19.4 Å². The summed E-state index contributed by atoms with van der Waals surface area (Å²) in [5.41, 5.74) is 0.805. The van der Waals surface area contributed by atoms with Crippen LogP contribution >= 0.6 is 0 Å². The molecular formula is C19H20O4. The maximum absolute atomic E-state index is 11.7. The lowest BCUT2D eigenvalue weighted by Crippen LogP contribution is -2.43. The Morgan fingerprint density at radius 1 is 1.04 bits per heavy atom. The van der Waals surface area contributed by atoms with Crippen LogP contribution in [0.15, 0.2) is 60.7 Å². The molecular weight excluding hydrogens is 292 g/mol. The summed E-state index contributed by atoms with van der Waals surface area (Å²) >= 11 is 0. The Kier molecular flexibility index (Phi) is 4.74. The minimum atomic E-state index is -1.21. The van der Waals surface area contributed by atoms with Crippen LogP contribution in [0.25, 0.3) is 0 Å². The van der Waals surface area contributed by atoms with E-state index in [2.05, 4.69) is 0 Å². The molecule has 0 aromatic heterocycles. The normalized spacial score (nSPS) is 23.7. The third-order valence-corrected chi connectivity index (χ3v) is 4.06. The van der Waals surface area contributed by atoms with Gasteiger partial charge in [0.1, 0.15) is 5.60 Å². The molecule has 1 aliphatic rings. The van der Waals surface area contributed by atoms with Crippen LogP contribution in [0.3, 0.4) is 0 Å². The first-order valence-electron chi connectivity index (χ1n) is 7.73. The summed E-state index contributed by atoms with van der Waals surface area (Å²) in [5.74, 6) is -0.378. The second-order valence-electron chi connectivity index (χ2n) is 5.92. The molecule has 0 bridgehead atoms. The molecule has 120 valence electrons. The highest BCUT2D eigenvalue weighted by atomic mass is 16.6. The molecule has 0 spiro atoms. The number of cyclic esters (lactones) is 1. The van der Waals surface area contributed by atoms with Crippen molar-refractivity contribution in [1.82, 2.24) is 0 Å². The monoisotopic (exact) mass is 312 g/mol. The van der Waals surface area contributed by atoms with E-state index in [1.54, 1.807) is 0 Å². The summed E-state index contributed by atoms with van der Waals surface area (Å²) < 4.78 is 10.9. The van der Waals surface area contributed by atoms with Crippen LogP contribution in [0.4, 0.5) is 0 Å². The molecule has 0 aliphatic carbocycles. The predicted molar refractivity (Wildman–Crippen MR) is 85.7 cm³/mol. The highest BCUT2D eigenvalue weighted by Gasteiger charge is 2.47. The fourth-order valence-electron chi connectivity index (χ4n) is 2.85. The van der Waals surface area contributed by atoms with Gasteiger partial charge in [-0.25, -0.2) is 0 Å². The van der Waals surface area contributed by atoms with E-state index in [0.29, 0.717) is 13.0 Å². The van der Waals surface area contributed by atoms with E-state index < -0.39 is 11.7 Å². The van der Waals surface area contributed by atoms with E-state index in [0.717, 1.165) is 11.1 Å². The molecule has 0 saturated carbocycles. The van der Waals surface area contributed by atoms with Crippen molar-refractivity contribution in [3.63, 3.8) is 0 Å².